The molecule has 2 N–H and O–H groups in total. The van der Waals surface area contributed by atoms with E-state index in [0.717, 1.165) is 21.8 Å². The van der Waals surface area contributed by atoms with Gasteiger partial charge in [-0.2, -0.15) is 0 Å². The molecule has 1 aromatic carbocycles. The van der Waals surface area contributed by atoms with Crippen molar-refractivity contribution in [2.75, 3.05) is 19.0 Å². The van der Waals surface area contributed by atoms with Crippen molar-refractivity contribution in [3.63, 3.8) is 0 Å². The predicted molar refractivity (Wildman–Crippen MR) is 79.8 cm³/mol. The molecular weight excluding hydrogens is 274 g/mol. The van der Waals surface area contributed by atoms with Crippen LogP contribution in [0.2, 0.25) is 0 Å². The summed E-state index contributed by atoms with van der Waals surface area (Å²) in [4.78, 5) is 19.3. The van der Waals surface area contributed by atoms with Crippen LogP contribution < -0.4 is 10.1 Å². The molecule has 6 heteroatoms. The van der Waals surface area contributed by atoms with Gasteiger partial charge in [0.05, 0.1) is 19.3 Å². The van der Waals surface area contributed by atoms with Crippen LogP contribution in [0.5, 0.6) is 5.75 Å². The fourth-order valence-corrected chi connectivity index (χ4v) is 2.48. The Morgan fingerprint density at radius 3 is 3.10 bits per heavy atom. The summed E-state index contributed by atoms with van der Waals surface area (Å²) < 4.78 is 5.17. The standard InChI is InChI=1S/C14H13N3O2S/c1-19-10-2-3-11-9(6-10)7-12(17-11)13(18)8-16-14-15-4-5-20-14/h2-7,17H,8H2,1H3,(H,15,16). The highest BCUT2D eigenvalue weighted by atomic mass is 32.1. The number of thiazole rings is 1. The van der Waals surface area contributed by atoms with Gasteiger partial charge in [-0.15, -0.1) is 11.3 Å². The minimum atomic E-state index is -0.00429. The lowest BCUT2D eigenvalue weighted by Crippen LogP contribution is -2.14. The number of nitrogens with zero attached hydrogens (tertiary/aromatic N) is 1. The second-order valence-corrected chi connectivity index (χ2v) is 5.14. The third kappa shape index (κ3) is 2.50. The van der Waals surface area contributed by atoms with Gasteiger partial charge in [-0.1, -0.05) is 0 Å². The van der Waals surface area contributed by atoms with Crippen LogP contribution in [0.3, 0.4) is 0 Å². The minimum absolute atomic E-state index is 0.00429. The van der Waals surface area contributed by atoms with Crippen LogP contribution in [0.15, 0.2) is 35.8 Å². The molecule has 102 valence electrons. The van der Waals surface area contributed by atoms with Crippen molar-refractivity contribution in [1.82, 2.24) is 9.97 Å². The van der Waals surface area contributed by atoms with Crippen molar-refractivity contribution in [1.29, 1.82) is 0 Å². The summed E-state index contributed by atoms with van der Waals surface area (Å²) in [6.45, 7) is 0.220. The maximum Gasteiger partial charge on any atom is 0.198 e. The van der Waals surface area contributed by atoms with Crippen molar-refractivity contribution in [2.24, 2.45) is 0 Å². The van der Waals surface area contributed by atoms with E-state index >= 15 is 0 Å². The molecule has 0 spiro atoms. The maximum atomic E-state index is 12.1. The van der Waals surface area contributed by atoms with E-state index in [1.54, 1.807) is 13.3 Å². The van der Waals surface area contributed by atoms with E-state index in [2.05, 4.69) is 15.3 Å². The molecule has 0 saturated carbocycles. The van der Waals surface area contributed by atoms with Gasteiger partial charge in [0.15, 0.2) is 10.9 Å². The normalized spacial score (nSPS) is 10.7. The molecule has 0 amide bonds. The number of nitrogens with one attached hydrogen (secondary N) is 2. The Balaban J connectivity index is 1.77. The van der Waals surface area contributed by atoms with E-state index in [9.17, 15) is 4.79 Å². The number of rotatable bonds is 5. The molecule has 3 aromatic rings. The number of methoxy groups -OCH3 is 1. The molecule has 0 atom stereocenters. The van der Waals surface area contributed by atoms with Gasteiger partial charge in [0.25, 0.3) is 0 Å². The fraction of sp³-hybridized carbons (Fsp3) is 0.143. The van der Waals surface area contributed by atoms with Gasteiger partial charge in [0.2, 0.25) is 0 Å². The Morgan fingerprint density at radius 1 is 1.45 bits per heavy atom. The second kappa shape index (κ2) is 5.34. The molecular formula is C14H13N3O2S. The van der Waals surface area contributed by atoms with Crippen molar-refractivity contribution in [3.8, 4) is 5.75 Å². The van der Waals surface area contributed by atoms with Crippen LogP contribution in [0.4, 0.5) is 5.13 Å². The number of hydrogen-bond donors (Lipinski definition) is 2. The average molecular weight is 287 g/mol. The summed E-state index contributed by atoms with van der Waals surface area (Å²) in [6.07, 6.45) is 1.70. The zero-order valence-electron chi connectivity index (χ0n) is 10.8. The first-order valence-corrected chi connectivity index (χ1v) is 6.97. The maximum absolute atomic E-state index is 12.1. The van der Waals surface area contributed by atoms with Gasteiger partial charge in [-0.05, 0) is 24.3 Å². The highest BCUT2D eigenvalue weighted by Crippen LogP contribution is 2.21. The van der Waals surface area contributed by atoms with Crippen LogP contribution in [0.25, 0.3) is 10.9 Å². The Morgan fingerprint density at radius 2 is 2.35 bits per heavy atom. The van der Waals surface area contributed by atoms with Crippen molar-refractivity contribution < 1.29 is 9.53 Å². The molecule has 2 aromatic heterocycles. The van der Waals surface area contributed by atoms with E-state index in [1.165, 1.54) is 11.3 Å². The summed E-state index contributed by atoms with van der Waals surface area (Å²) in [5.74, 6) is 0.770. The van der Waals surface area contributed by atoms with Gasteiger partial charge in [-0.25, -0.2) is 4.98 Å². The van der Waals surface area contributed by atoms with Crippen molar-refractivity contribution >= 4 is 33.2 Å². The molecule has 0 saturated heterocycles. The molecule has 20 heavy (non-hydrogen) atoms. The topological polar surface area (TPSA) is 67.0 Å². The van der Waals surface area contributed by atoms with Crippen molar-refractivity contribution in [2.45, 2.75) is 0 Å². The van der Waals surface area contributed by atoms with Crippen LogP contribution in [0, 0.1) is 0 Å². The van der Waals surface area contributed by atoms with E-state index in [0.29, 0.717) is 5.69 Å². The smallest absolute Gasteiger partial charge is 0.198 e. The van der Waals surface area contributed by atoms with Crippen LogP contribution in [0.1, 0.15) is 10.5 Å². The molecule has 0 aliphatic rings. The lowest BCUT2D eigenvalue weighted by Gasteiger charge is -1.99. The molecule has 0 unspecified atom stereocenters. The lowest BCUT2D eigenvalue weighted by molar-refractivity contribution is 0.100. The average Bonchev–Trinajstić information content (AvgIpc) is 3.12. The second-order valence-electron chi connectivity index (χ2n) is 4.25. The fourth-order valence-electron chi connectivity index (χ4n) is 1.95. The Kier molecular flexibility index (Phi) is 3.39. The van der Waals surface area contributed by atoms with Crippen LogP contribution in [-0.4, -0.2) is 29.4 Å². The van der Waals surface area contributed by atoms with E-state index in [1.807, 2.05) is 29.6 Å². The minimum Gasteiger partial charge on any atom is -0.497 e. The number of fused-ring (bicyclic) bond motifs is 1. The lowest BCUT2D eigenvalue weighted by atomic mass is 10.2. The molecule has 0 bridgehead atoms. The number of benzene rings is 1. The third-order valence-corrected chi connectivity index (χ3v) is 3.69. The Hall–Kier alpha value is -2.34. The number of Topliss-reactive ketones (excluding diaryl/α,β-unsaturated/α-hetero) is 1. The summed E-state index contributed by atoms with van der Waals surface area (Å²) in [6, 6.07) is 7.50. The van der Waals surface area contributed by atoms with E-state index in [-0.39, 0.29) is 12.3 Å². The molecule has 0 aliphatic carbocycles. The largest absolute Gasteiger partial charge is 0.497 e. The highest BCUT2D eigenvalue weighted by Gasteiger charge is 2.10. The first-order chi connectivity index (χ1) is 9.76. The molecule has 3 rings (SSSR count). The van der Waals surface area contributed by atoms with Gasteiger partial charge >= 0.3 is 0 Å². The molecule has 0 radical (unpaired) electrons. The number of ether oxygens (including phenoxy) is 1. The molecule has 5 nitrogen and oxygen atoms in total. The third-order valence-electron chi connectivity index (χ3n) is 2.96. The number of H-pyrrole nitrogens is 1. The number of hydrogen-bond acceptors (Lipinski definition) is 5. The van der Waals surface area contributed by atoms with Crippen LogP contribution in [-0.2, 0) is 0 Å². The van der Waals surface area contributed by atoms with Crippen molar-refractivity contribution in [3.05, 3.63) is 41.5 Å². The van der Waals surface area contributed by atoms with Gasteiger partial charge in [0, 0.05) is 22.5 Å². The molecule has 0 fully saturated rings. The summed E-state index contributed by atoms with van der Waals surface area (Å²) in [5, 5.41) is 6.57. The quantitative estimate of drug-likeness (QED) is 0.708. The number of aromatic amines is 1. The van der Waals surface area contributed by atoms with Gasteiger partial charge in [0.1, 0.15) is 5.75 Å². The predicted octanol–water partition coefficient (Wildman–Crippen LogP) is 2.93. The number of ketones is 1. The van der Waals surface area contributed by atoms with Crippen LogP contribution >= 0.6 is 11.3 Å². The number of carbonyl (C=O) groups is 1. The van der Waals surface area contributed by atoms with Gasteiger partial charge in [-0.3, -0.25) is 4.79 Å². The zero-order valence-corrected chi connectivity index (χ0v) is 11.7. The Labute approximate surface area is 119 Å². The van der Waals surface area contributed by atoms with E-state index in [4.69, 9.17) is 4.74 Å². The molecule has 2 heterocycles. The SMILES string of the molecule is COc1ccc2[nH]c(C(=O)CNc3nccs3)cc2c1. The highest BCUT2D eigenvalue weighted by molar-refractivity contribution is 7.13. The number of aromatic nitrogens is 2. The molecule has 0 aliphatic heterocycles. The monoisotopic (exact) mass is 287 g/mol. The number of carbonyl (C=O) groups excluding carboxylic acids is 1. The summed E-state index contributed by atoms with van der Waals surface area (Å²) in [7, 11) is 1.62. The van der Waals surface area contributed by atoms with Gasteiger partial charge < -0.3 is 15.0 Å². The first kappa shape index (κ1) is 12.7. The Bertz CT molecular complexity index is 734. The summed E-state index contributed by atoms with van der Waals surface area (Å²) >= 11 is 1.47. The van der Waals surface area contributed by atoms with E-state index < -0.39 is 0 Å². The summed E-state index contributed by atoms with van der Waals surface area (Å²) in [5.41, 5.74) is 1.50. The number of anilines is 1. The first-order valence-electron chi connectivity index (χ1n) is 6.09. The zero-order chi connectivity index (χ0) is 13.9.